The number of hydrazone groups is 1. The van der Waals surface area contributed by atoms with E-state index in [1.807, 2.05) is 38.1 Å². The predicted molar refractivity (Wildman–Crippen MR) is 99.9 cm³/mol. The first-order valence-corrected chi connectivity index (χ1v) is 8.45. The lowest BCUT2D eigenvalue weighted by molar-refractivity contribution is 0.257. The molecule has 0 saturated heterocycles. The summed E-state index contributed by atoms with van der Waals surface area (Å²) >= 11 is 0. The van der Waals surface area contributed by atoms with E-state index in [1.54, 1.807) is 13.3 Å². The summed E-state index contributed by atoms with van der Waals surface area (Å²) in [6, 6.07) is 7.53. The molecule has 0 amide bonds. The van der Waals surface area contributed by atoms with Crippen LogP contribution in [0.5, 0.6) is 11.5 Å². The standard InChI is InChI=1S/C19H24N4O3/c1-12(2)11-25-16-7-6-14(8-17(16)24-5)10-21-23-19-15(9-20)22-18(26-19)13(3)4/h6-8,10,12-13,23H,11H2,1-5H3/b21-10+. The number of nitrogens with zero attached hydrogens (tertiary/aromatic N) is 3. The summed E-state index contributed by atoms with van der Waals surface area (Å²) in [5.74, 6) is 2.56. The number of rotatable bonds is 8. The molecule has 0 radical (unpaired) electrons. The largest absolute Gasteiger partial charge is 0.493 e. The Labute approximate surface area is 153 Å². The van der Waals surface area contributed by atoms with Crippen molar-refractivity contribution in [1.82, 2.24) is 4.98 Å². The number of hydrogen-bond acceptors (Lipinski definition) is 7. The van der Waals surface area contributed by atoms with Crippen LogP contribution in [0.3, 0.4) is 0 Å². The number of ether oxygens (including phenoxy) is 2. The van der Waals surface area contributed by atoms with Crippen LogP contribution in [-0.2, 0) is 0 Å². The van der Waals surface area contributed by atoms with Gasteiger partial charge in [-0.05, 0) is 29.7 Å². The van der Waals surface area contributed by atoms with Gasteiger partial charge in [-0.25, -0.2) is 10.4 Å². The summed E-state index contributed by atoms with van der Waals surface area (Å²) in [6.07, 6.45) is 1.60. The van der Waals surface area contributed by atoms with Crippen LogP contribution < -0.4 is 14.9 Å². The van der Waals surface area contributed by atoms with E-state index >= 15 is 0 Å². The minimum atomic E-state index is 0.0873. The van der Waals surface area contributed by atoms with Gasteiger partial charge in [0.25, 0.3) is 5.88 Å². The fraction of sp³-hybridized carbons (Fsp3) is 0.421. The first kappa shape index (κ1) is 19.3. The molecular formula is C19H24N4O3. The summed E-state index contributed by atoms with van der Waals surface area (Å²) < 4.78 is 16.6. The molecule has 0 unspecified atom stereocenters. The minimum Gasteiger partial charge on any atom is -0.493 e. The van der Waals surface area contributed by atoms with Crippen molar-refractivity contribution in [2.24, 2.45) is 11.0 Å². The van der Waals surface area contributed by atoms with Gasteiger partial charge in [0.05, 0.1) is 19.9 Å². The van der Waals surface area contributed by atoms with E-state index in [1.165, 1.54) is 0 Å². The molecule has 0 saturated carbocycles. The molecule has 1 aromatic carbocycles. The first-order valence-electron chi connectivity index (χ1n) is 8.45. The SMILES string of the molecule is COc1cc(/C=N/Nc2oc(C(C)C)nc2C#N)ccc1OCC(C)C. The Morgan fingerprint density at radius 3 is 2.69 bits per heavy atom. The average Bonchev–Trinajstić information content (AvgIpc) is 3.03. The Kier molecular flexibility index (Phi) is 6.61. The van der Waals surface area contributed by atoms with E-state index in [9.17, 15) is 0 Å². The monoisotopic (exact) mass is 356 g/mol. The van der Waals surface area contributed by atoms with Gasteiger partial charge in [0.1, 0.15) is 6.07 Å². The molecule has 1 heterocycles. The third kappa shape index (κ3) is 4.99. The van der Waals surface area contributed by atoms with E-state index in [0.717, 1.165) is 5.56 Å². The molecule has 26 heavy (non-hydrogen) atoms. The molecular weight excluding hydrogens is 332 g/mol. The number of oxazole rings is 1. The maximum absolute atomic E-state index is 9.12. The molecule has 2 aromatic rings. The highest BCUT2D eigenvalue weighted by molar-refractivity contribution is 5.81. The number of benzene rings is 1. The lowest BCUT2D eigenvalue weighted by Gasteiger charge is -2.12. The van der Waals surface area contributed by atoms with E-state index in [-0.39, 0.29) is 17.5 Å². The van der Waals surface area contributed by atoms with Crippen LogP contribution in [0.2, 0.25) is 0 Å². The normalized spacial score (nSPS) is 11.2. The summed E-state index contributed by atoms with van der Waals surface area (Å²) in [5, 5.41) is 13.2. The van der Waals surface area contributed by atoms with E-state index < -0.39 is 0 Å². The van der Waals surface area contributed by atoms with Gasteiger partial charge in [0.2, 0.25) is 11.6 Å². The van der Waals surface area contributed by atoms with Crippen molar-refractivity contribution in [3.8, 4) is 17.6 Å². The smallest absolute Gasteiger partial charge is 0.252 e. The molecule has 0 aliphatic carbocycles. The third-order valence-corrected chi connectivity index (χ3v) is 3.38. The van der Waals surface area contributed by atoms with Gasteiger partial charge in [-0.15, -0.1) is 0 Å². The van der Waals surface area contributed by atoms with Crippen molar-refractivity contribution in [1.29, 1.82) is 5.26 Å². The molecule has 1 aromatic heterocycles. The third-order valence-electron chi connectivity index (χ3n) is 3.38. The second kappa shape index (κ2) is 8.90. The maximum Gasteiger partial charge on any atom is 0.252 e. The fourth-order valence-electron chi connectivity index (χ4n) is 2.04. The van der Waals surface area contributed by atoms with Crippen molar-refractivity contribution >= 4 is 12.1 Å². The molecule has 0 fully saturated rings. The highest BCUT2D eigenvalue weighted by Crippen LogP contribution is 2.28. The van der Waals surface area contributed by atoms with Crippen molar-refractivity contribution in [3.05, 3.63) is 35.3 Å². The highest BCUT2D eigenvalue weighted by atomic mass is 16.5. The van der Waals surface area contributed by atoms with Crippen LogP contribution in [-0.4, -0.2) is 24.9 Å². The minimum absolute atomic E-state index is 0.0873. The number of hydrogen-bond donors (Lipinski definition) is 1. The van der Waals surface area contributed by atoms with E-state index in [0.29, 0.717) is 29.9 Å². The Morgan fingerprint density at radius 1 is 1.31 bits per heavy atom. The number of aromatic nitrogens is 1. The number of methoxy groups -OCH3 is 1. The first-order chi connectivity index (χ1) is 12.4. The topological polar surface area (TPSA) is 92.7 Å². The average molecular weight is 356 g/mol. The van der Waals surface area contributed by atoms with Crippen LogP contribution in [0.4, 0.5) is 5.88 Å². The second-order valence-electron chi connectivity index (χ2n) is 6.48. The van der Waals surface area contributed by atoms with Crippen LogP contribution in [0.15, 0.2) is 27.7 Å². The molecule has 0 bridgehead atoms. The van der Waals surface area contributed by atoms with Crippen molar-refractivity contribution in [2.45, 2.75) is 33.6 Å². The lowest BCUT2D eigenvalue weighted by atomic mass is 10.2. The van der Waals surface area contributed by atoms with Gasteiger partial charge in [0, 0.05) is 5.92 Å². The fourth-order valence-corrected chi connectivity index (χ4v) is 2.04. The van der Waals surface area contributed by atoms with Gasteiger partial charge in [-0.1, -0.05) is 27.7 Å². The molecule has 0 atom stereocenters. The zero-order valence-electron chi connectivity index (χ0n) is 15.7. The van der Waals surface area contributed by atoms with Crippen LogP contribution in [0.25, 0.3) is 0 Å². The number of nitrogens with one attached hydrogen (secondary N) is 1. The van der Waals surface area contributed by atoms with Crippen molar-refractivity contribution in [2.75, 3.05) is 19.1 Å². The molecule has 2 rings (SSSR count). The molecule has 7 nitrogen and oxygen atoms in total. The summed E-state index contributed by atoms with van der Waals surface area (Å²) in [4.78, 5) is 4.13. The number of anilines is 1. The van der Waals surface area contributed by atoms with Crippen molar-refractivity contribution in [3.63, 3.8) is 0 Å². The Balaban J connectivity index is 2.10. The van der Waals surface area contributed by atoms with Gasteiger partial charge < -0.3 is 13.9 Å². The second-order valence-corrected chi connectivity index (χ2v) is 6.48. The van der Waals surface area contributed by atoms with Crippen LogP contribution in [0, 0.1) is 17.2 Å². The van der Waals surface area contributed by atoms with Gasteiger partial charge in [-0.2, -0.15) is 10.4 Å². The summed E-state index contributed by atoms with van der Waals surface area (Å²) in [6.45, 7) is 8.67. The Morgan fingerprint density at radius 2 is 2.08 bits per heavy atom. The predicted octanol–water partition coefficient (Wildman–Crippen LogP) is 4.16. The van der Waals surface area contributed by atoms with E-state index in [4.69, 9.17) is 19.2 Å². The zero-order chi connectivity index (χ0) is 19.1. The van der Waals surface area contributed by atoms with Crippen molar-refractivity contribution < 1.29 is 13.9 Å². The van der Waals surface area contributed by atoms with Gasteiger partial charge >= 0.3 is 0 Å². The molecule has 138 valence electrons. The molecule has 0 aliphatic rings. The van der Waals surface area contributed by atoms with Crippen LogP contribution in [0.1, 0.15) is 50.8 Å². The molecule has 0 spiro atoms. The van der Waals surface area contributed by atoms with Gasteiger partial charge in [-0.3, -0.25) is 0 Å². The maximum atomic E-state index is 9.12. The molecule has 0 aliphatic heterocycles. The quantitative estimate of drug-likeness (QED) is 0.564. The lowest BCUT2D eigenvalue weighted by Crippen LogP contribution is -2.05. The Hall–Kier alpha value is -3.01. The Bertz CT molecular complexity index is 804. The summed E-state index contributed by atoms with van der Waals surface area (Å²) in [5.41, 5.74) is 3.72. The molecule has 1 N–H and O–H groups in total. The number of nitriles is 1. The van der Waals surface area contributed by atoms with E-state index in [2.05, 4.69) is 29.4 Å². The highest BCUT2D eigenvalue weighted by Gasteiger charge is 2.14. The zero-order valence-corrected chi connectivity index (χ0v) is 15.7. The molecule has 7 heteroatoms. The van der Waals surface area contributed by atoms with Crippen LogP contribution >= 0.6 is 0 Å². The summed E-state index contributed by atoms with van der Waals surface area (Å²) in [7, 11) is 1.60. The van der Waals surface area contributed by atoms with Gasteiger partial charge in [0.15, 0.2) is 11.5 Å².